The second kappa shape index (κ2) is 5.40. The number of carbonyl (C=O) groups excluding carboxylic acids is 1. The van der Waals surface area contributed by atoms with E-state index in [1.54, 1.807) is 0 Å². The second-order valence-electron chi connectivity index (χ2n) is 4.97. The predicted octanol–water partition coefficient (Wildman–Crippen LogP) is 1.32. The average molecular weight is 258 g/mol. The van der Waals surface area contributed by atoms with E-state index in [-0.39, 0.29) is 5.91 Å². The molecule has 1 amide bonds. The Morgan fingerprint density at radius 1 is 1.42 bits per heavy atom. The van der Waals surface area contributed by atoms with E-state index in [1.165, 1.54) is 6.42 Å². The number of aromatic amines is 1. The zero-order valence-corrected chi connectivity index (χ0v) is 10.8. The first-order valence-corrected chi connectivity index (χ1v) is 6.75. The third-order valence-electron chi connectivity index (χ3n) is 3.49. The Labute approximate surface area is 111 Å². The van der Waals surface area contributed by atoms with Gasteiger partial charge in [0.1, 0.15) is 5.82 Å². The minimum atomic E-state index is 0.0832. The number of imidazole rings is 1. The Morgan fingerprint density at radius 3 is 3.11 bits per heavy atom. The number of nitrogens with one attached hydrogen (secondary N) is 3. The molecule has 1 aliphatic heterocycles. The van der Waals surface area contributed by atoms with Crippen LogP contribution in [0.1, 0.15) is 25.1 Å². The number of H-pyrrole nitrogens is 1. The van der Waals surface area contributed by atoms with Crippen molar-refractivity contribution >= 4 is 16.9 Å². The molecule has 2 aromatic rings. The molecule has 1 unspecified atom stereocenters. The Morgan fingerprint density at radius 2 is 2.32 bits per heavy atom. The lowest BCUT2D eigenvalue weighted by atomic mass is 10.1. The van der Waals surface area contributed by atoms with E-state index in [0.29, 0.717) is 19.0 Å². The molecule has 0 bridgehead atoms. The van der Waals surface area contributed by atoms with Gasteiger partial charge >= 0.3 is 0 Å². The minimum Gasteiger partial charge on any atom is -0.349 e. The van der Waals surface area contributed by atoms with Crippen molar-refractivity contribution < 1.29 is 4.79 Å². The van der Waals surface area contributed by atoms with Crippen molar-refractivity contribution in [1.82, 2.24) is 20.6 Å². The molecule has 1 fully saturated rings. The molecule has 0 saturated carbocycles. The highest BCUT2D eigenvalue weighted by molar-refractivity contribution is 5.77. The Bertz CT molecular complexity index is 539. The van der Waals surface area contributed by atoms with Crippen LogP contribution in [0.2, 0.25) is 0 Å². The summed E-state index contributed by atoms with van der Waals surface area (Å²) in [6, 6.07) is 8.21. The van der Waals surface area contributed by atoms with E-state index in [2.05, 4.69) is 20.6 Å². The van der Waals surface area contributed by atoms with Gasteiger partial charge in [0.2, 0.25) is 5.91 Å². The van der Waals surface area contributed by atoms with Crippen LogP contribution in [0.3, 0.4) is 0 Å². The first-order valence-electron chi connectivity index (χ1n) is 6.75. The van der Waals surface area contributed by atoms with E-state index in [9.17, 15) is 4.79 Å². The fraction of sp³-hybridized carbons (Fsp3) is 0.429. The Balaban J connectivity index is 1.54. The van der Waals surface area contributed by atoms with E-state index in [0.717, 1.165) is 29.8 Å². The number of aromatic nitrogens is 2. The quantitative estimate of drug-likeness (QED) is 0.774. The zero-order chi connectivity index (χ0) is 13.1. The standard InChI is InChI=1S/C14H18N4O/c19-14(8-10-4-3-7-15-10)16-9-13-17-11-5-1-2-6-12(11)18-13/h1-2,5-6,10,15H,3-4,7-9H2,(H,16,19)(H,17,18). The van der Waals surface area contributed by atoms with Gasteiger partial charge in [0.05, 0.1) is 17.6 Å². The van der Waals surface area contributed by atoms with Gasteiger partial charge < -0.3 is 15.6 Å². The first-order chi connectivity index (χ1) is 9.31. The number of hydrogen-bond acceptors (Lipinski definition) is 3. The monoisotopic (exact) mass is 258 g/mol. The van der Waals surface area contributed by atoms with Crippen LogP contribution in [-0.2, 0) is 11.3 Å². The fourth-order valence-electron chi connectivity index (χ4n) is 2.50. The number of hydrogen-bond donors (Lipinski definition) is 3. The van der Waals surface area contributed by atoms with Crippen LogP contribution in [-0.4, -0.2) is 28.5 Å². The Kier molecular flexibility index (Phi) is 3.46. The van der Waals surface area contributed by atoms with Crippen molar-refractivity contribution in [2.24, 2.45) is 0 Å². The molecule has 3 N–H and O–H groups in total. The summed E-state index contributed by atoms with van der Waals surface area (Å²) < 4.78 is 0. The number of fused-ring (bicyclic) bond motifs is 1. The number of para-hydroxylation sites is 2. The van der Waals surface area contributed by atoms with Crippen LogP contribution < -0.4 is 10.6 Å². The maximum atomic E-state index is 11.8. The smallest absolute Gasteiger partial charge is 0.221 e. The number of nitrogens with zero attached hydrogens (tertiary/aromatic N) is 1. The van der Waals surface area contributed by atoms with Crippen LogP contribution in [0.15, 0.2) is 24.3 Å². The van der Waals surface area contributed by atoms with Crippen LogP contribution in [0.5, 0.6) is 0 Å². The molecule has 0 spiro atoms. The summed E-state index contributed by atoms with van der Waals surface area (Å²) >= 11 is 0. The molecular formula is C14H18N4O. The Hall–Kier alpha value is -1.88. The molecule has 19 heavy (non-hydrogen) atoms. The summed E-state index contributed by atoms with van der Waals surface area (Å²) in [6.07, 6.45) is 2.82. The highest BCUT2D eigenvalue weighted by Gasteiger charge is 2.17. The maximum absolute atomic E-state index is 11.8. The third-order valence-corrected chi connectivity index (χ3v) is 3.49. The lowest BCUT2D eigenvalue weighted by molar-refractivity contribution is -0.121. The molecule has 1 aromatic heterocycles. The molecule has 5 heteroatoms. The first kappa shape index (κ1) is 12.2. The van der Waals surface area contributed by atoms with Crippen molar-refractivity contribution in [3.05, 3.63) is 30.1 Å². The second-order valence-corrected chi connectivity index (χ2v) is 4.97. The van der Waals surface area contributed by atoms with Crippen LogP contribution >= 0.6 is 0 Å². The number of rotatable bonds is 4. The van der Waals surface area contributed by atoms with Crippen LogP contribution in [0.4, 0.5) is 0 Å². The predicted molar refractivity (Wildman–Crippen MR) is 73.6 cm³/mol. The van der Waals surface area contributed by atoms with Gasteiger partial charge in [-0.2, -0.15) is 0 Å². The molecule has 0 radical (unpaired) electrons. The summed E-state index contributed by atoms with van der Waals surface area (Å²) in [5.41, 5.74) is 1.94. The van der Waals surface area contributed by atoms with Crippen molar-refractivity contribution in [2.75, 3.05) is 6.54 Å². The largest absolute Gasteiger partial charge is 0.349 e. The van der Waals surface area contributed by atoms with Gasteiger partial charge in [-0.1, -0.05) is 12.1 Å². The topological polar surface area (TPSA) is 69.8 Å². The van der Waals surface area contributed by atoms with Crippen molar-refractivity contribution in [1.29, 1.82) is 0 Å². The summed E-state index contributed by atoms with van der Waals surface area (Å²) in [6.45, 7) is 1.49. The highest BCUT2D eigenvalue weighted by atomic mass is 16.1. The van der Waals surface area contributed by atoms with Crippen molar-refractivity contribution in [3.8, 4) is 0 Å². The van der Waals surface area contributed by atoms with Gasteiger partial charge in [-0.15, -0.1) is 0 Å². The molecule has 5 nitrogen and oxygen atoms in total. The van der Waals surface area contributed by atoms with Crippen molar-refractivity contribution in [3.63, 3.8) is 0 Å². The molecule has 0 aliphatic carbocycles. The summed E-state index contributed by atoms with van der Waals surface area (Å²) in [5, 5.41) is 6.24. The maximum Gasteiger partial charge on any atom is 0.221 e. The van der Waals surface area contributed by atoms with E-state index < -0.39 is 0 Å². The average Bonchev–Trinajstić information content (AvgIpc) is 3.04. The minimum absolute atomic E-state index is 0.0832. The molecule has 100 valence electrons. The molecular weight excluding hydrogens is 240 g/mol. The van der Waals surface area contributed by atoms with Gasteiger partial charge in [-0.25, -0.2) is 4.98 Å². The molecule has 3 rings (SSSR count). The van der Waals surface area contributed by atoms with Crippen molar-refractivity contribution in [2.45, 2.75) is 31.8 Å². The number of amides is 1. The number of carbonyl (C=O) groups is 1. The van der Waals surface area contributed by atoms with Gasteiger partial charge in [-0.05, 0) is 31.5 Å². The summed E-state index contributed by atoms with van der Waals surface area (Å²) in [4.78, 5) is 19.4. The van der Waals surface area contributed by atoms with E-state index in [1.807, 2.05) is 24.3 Å². The molecule has 1 aromatic carbocycles. The summed E-state index contributed by atoms with van der Waals surface area (Å²) in [5.74, 6) is 0.883. The van der Waals surface area contributed by atoms with Gasteiger partial charge in [0.15, 0.2) is 0 Å². The molecule has 2 heterocycles. The lowest BCUT2D eigenvalue weighted by Crippen LogP contribution is -2.31. The molecule has 1 saturated heterocycles. The number of benzene rings is 1. The van der Waals surface area contributed by atoms with Gasteiger partial charge in [0.25, 0.3) is 0 Å². The van der Waals surface area contributed by atoms with E-state index in [4.69, 9.17) is 0 Å². The third kappa shape index (κ3) is 2.93. The fourth-order valence-corrected chi connectivity index (χ4v) is 2.50. The lowest BCUT2D eigenvalue weighted by Gasteiger charge is -2.09. The SMILES string of the molecule is O=C(CC1CCCN1)NCc1nc2ccccc2[nH]1. The van der Waals surface area contributed by atoms with Crippen LogP contribution in [0.25, 0.3) is 11.0 Å². The van der Waals surface area contributed by atoms with Gasteiger partial charge in [-0.3, -0.25) is 4.79 Å². The highest BCUT2D eigenvalue weighted by Crippen LogP contribution is 2.11. The van der Waals surface area contributed by atoms with Crippen LogP contribution in [0, 0.1) is 0 Å². The molecule has 1 atom stereocenters. The van der Waals surface area contributed by atoms with E-state index >= 15 is 0 Å². The zero-order valence-electron chi connectivity index (χ0n) is 10.8. The van der Waals surface area contributed by atoms with Gasteiger partial charge in [0, 0.05) is 12.5 Å². The normalized spacial score (nSPS) is 18.8. The molecule has 1 aliphatic rings. The summed E-state index contributed by atoms with van der Waals surface area (Å²) in [7, 11) is 0.